The number of aromatic amines is 1. The Balaban J connectivity index is 1.32. The van der Waals surface area contributed by atoms with Crippen LogP contribution in [0.1, 0.15) is 0 Å². The molecular weight excluding hydrogens is 430 g/mol. The molecule has 1 saturated heterocycles. The molecule has 0 saturated carbocycles. The van der Waals surface area contributed by atoms with Gasteiger partial charge in [0.15, 0.2) is 5.65 Å². The van der Waals surface area contributed by atoms with E-state index in [2.05, 4.69) is 26.8 Å². The number of aromatic nitrogens is 3. The van der Waals surface area contributed by atoms with Crippen LogP contribution in [-0.4, -0.2) is 81.9 Å². The van der Waals surface area contributed by atoms with Crippen molar-refractivity contribution >= 4 is 11.0 Å². The first-order chi connectivity index (χ1) is 16.6. The molecule has 1 atom stereocenters. The normalized spacial score (nSPS) is 16.1. The van der Waals surface area contributed by atoms with Crippen molar-refractivity contribution in [2.45, 2.75) is 6.10 Å². The highest BCUT2D eigenvalue weighted by molar-refractivity contribution is 5.94. The van der Waals surface area contributed by atoms with E-state index in [4.69, 9.17) is 4.74 Å². The molecule has 8 nitrogen and oxygen atoms in total. The predicted octanol–water partition coefficient (Wildman–Crippen LogP) is 2.37. The number of para-hydroxylation sites is 1. The van der Waals surface area contributed by atoms with Gasteiger partial charge in [0.25, 0.3) is 5.56 Å². The fourth-order valence-corrected chi connectivity index (χ4v) is 4.38. The second-order valence-electron chi connectivity index (χ2n) is 8.77. The third-order valence-corrected chi connectivity index (χ3v) is 6.30. The minimum atomic E-state index is -0.545. The number of H-pyrrole nitrogens is 1. The first kappa shape index (κ1) is 22.3. The van der Waals surface area contributed by atoms with Crippen LogP contribution in [0.25, 0.3) is 27.8 Å². The van der Waals surface area contributed by atoms with Crippen LogP contribution >= 0.6 is 0 Å². The van der Waals surface area contributed by atoms with Crippen LogP contribution in [-0.2, 0) is 0 Å². The Morgan fingerprint density at radius 3 is 2.53 bits per heavy atom. The third kappa shape index (κ3) is 4.75. The van der Waals surface area contributed by atoms with Crippen molar-refractivity contribution in [3.63, 3.8) is 0 Å². The summed E-state index contributed by atoms with van der Waals surface area (Å²) in [6.07, 6.45) is 2.83. The van der Waals surface area contributed by atoms with Crippen molar-refractivity contribution in [3.05, 3.63) is 77.5 Å². The number of rotatable bonds is 7. The minimum Gasteiger partial charge on any atom is -0.491 e. The van der Waals surface area contributed by atoms with E-state index >= 15 is 0 Å². The van der Waals surface area contributed by atoms with Crippen molar-refractivity contribution in [2.24, 2.45) is 0 Å². The molecule has 1 unspecified atom stereocenters. The molecule has 1 aliphatic heterocycles. The summed E-state index contributed by atoms with van der Waals surface area (Å²) in [5.74, 6) is 0.681. The predicted molar refractivity (Wildman–Crippen MR) is 133 cm³/mol. The highest BCUT2D eigenvalue weighted by Gasteiger charge is 2.18. The Morgan fingerprint density at radius 1 is 1.06 bits per heavy atom. The average Bonchev–Trinajstić information content (AvgIpc) is 3.26. The lowest BCUT2D eigenvalue weighted by atomic mass is 10.1. The zero-order chi connectivity index (χ0) is 23.5. The van der Waals surface area contributed by atoms with Gasteiger partial charge in [0.2, 0.25) is 0 Å². The number of nitrogens with zero attached hydrogens (tertiary/aromatic N) is 4. The van der Waals surface area contributed by atoms with E-state index in [9.17, 15) is 9.90 Å². The van der Waals surface area contributed by atoms with Crippen LogP contribution in [0.3, 0.4) is 0 Å². The highest BCUT2D eigenvalue weighted by Crippen LogP contribution is 2.30. The molecule has 8 heteroatoms. The summed E-state index contributed by atoms with van der Waals surface area (Å²) in [5.41, 5.74) is 3.06. The number of likely N-dealkylation sites (N-methyl/N-ethyl adjacent to an activating group) is 1. The molecule has 5 rings (SSSR count). The summed E-state index contributed by atoms with van der Waals surface area (Å²) in [6, 6.07) is 17.4. The maximum Gasteiger partial charge on any atom is 0.260 e. The molecule has 2 aromatic heterocycles. The van der Waals surface area contributed by atoms with E-state index in [-0.39, 0.29) is 12.2 Å². The fourth-order valence-electron chi connectivity index (χ4n) is 4.38. The first-order valence-electron chi connectivity index (χ1n) is 11.5. The molecule has 0 aliphatic carbocycles. The molecular formula is C26H29N5O3. The second-order valence-corrected chi connectivity index (χ2v) is 8.77. The van der Waals surface area contributed by atoms with Crippen LogP contribution in [0.4, 0.5) is 0 Å². The molecule has 176 valence electrons. The van der Waals surface area contributed by atoms with E-state index in [1.165, 1.54) is 6.33 Å². The smallest absolute Gasteiger partial charge is 0.260 e. The monoisotopic (exact) mass is 459 g/mol. The topological polar surface area (TPSA) is 86.6 Å². The van der Waals surface area contributed by atoms with Crippen molar-refractivity contribution in [1.29, 1.82) is 0 Å². The van der Waals surface area contributed by atoms with E-state index in [0.29, 0.717) is 23.3 Å². The van der Waals surface area contributed by atoms with E-state index in [0.717, 1.165) is 43.0 Å². The maximum absolute atomic E-state index is 12.7. The Morgan fingerprint density at radius 2 is 1.79 bits per heavy atom. The molecule has 0 bridgehead atoms. The van der Waals surface area contributed by atoms with Gasteiger partial charge in [0, 0.05) is 50.2 Å². The number of nitrogens with one attached hydrogen (secondary N) is 1. The number of hydrogen-bond acceptors (Lipinski definition) is 6. The van der Waals surface area contributed by atoms with Gasteiger partial charge in [-0.25, -0.2) is 4.98 Å². The highest BCUT2D eigenvalue weighted by atomic mass is 16.5. The fraction of sp³-hybridized carbons (Fsp3) is 0.308. The van der Waals surface area contributed by atoms with E-state index in [1.54, 1.807) is 0 Å². The number of fused-ring (bicyclic) bond motifs is 1. The van der Waals surface area contributed by atoms with Crippen LogP contribution in [0.15, 0.2) is 71.9 Å². The van der Waals surface area contributed by atoms with E-state index < -0.39 is 6.10 Å². The van der Waals surface area contributed by atoms with Crippen LogP contribution < -0.4 is 10.3 Å². The van der Waals surface area contributed by atoms with Crippen LogP contribution in [0.5, 0.6) is 5.75 Å². The number of piperazine rings is 1. The van der Waals surface area contributed by atoms with Crippen molar-refractivity contribution < 1.29 is 9.84 Å². The van der Waals surface area contributed by atoms with Crippen LogP contribution in [0.2, 0.25) is 0 Å². The molecule has 4 aromatic rings. The summed E-state index contributed by atoms with van der Waals surface area (Å²) < 4.78 is 7.76. The van der Waals surface area contributed by atoms with Gasteiger partial charge in [0.05, 0.1) is 11.7 Å². The van der Waals surface area contributed by atoms with Gasteiger partial charge in [-0.3, -0.25) is 9.69 Å². The number of β-amino-alcohol motifs (C(OH)–C–C–N with tert-alkyl or cyclic N) is 1. The Hall–Kier alpha value is -3.46. The molecule has 3 heterocycles. The standard InChI is InChI=1S/C26H29N5O3/c1-29-11-13-30(14-12-29)15-21(32)17-34-22-9-7-19(8-10-22)23-16-31(20-5-3-2-4-6-20)25-24(23)26(33)28-18-27-25/h2-10,16,18,21,32H,11-15,17H2,1H3,(H,27,28,33). The summed E-state index contributed by atoms with van der Waals surface area (Å²) in [7, 11) is 2.12. The van der Waals surface area contributed by atoms with Gasteiger partial charge in [-0.05, 0) is 36.9 Å². The maximum atomic E-state index is 12.7. The molecule has 2 aromatic carbocycles. The number of aliphatic hydroxyl groups is 1. The molecule has 1 aliphatic rings. The van der Waals surface area contributed by atoms with Gasteiger partial charge in [-0.15, -0.1) is 0 Å². The van der Waals surface area contributed by atoms with Crippen molar-refractivity contribution in [3.8, 4) is 22.6 Å². The van der Waals surface area contributed by atoms with Crippen LogP contribution in [0, 0.1) is 0 Å². The molecule has 2 N–H and O–H groups in total. The Labute approximate surface area is 198 Å². The van der Waals surface area contributed by atoms with Crippen molar-refractivity contribution in [1.82, 2.24) is 24.3 Å². The summed E-state index contributed by atoms with van der Waals surface area (Å²) in [4.78, 5) is 24.4. The van der Waals surface area contributed by atoms with Gasteiger partial charge in [-0.2, -0.15) is 0 Å². The van der Waals surface area contributed by atoms with Gasteiger partial charge in [-0.1, -0.05) is 30.3 Å². The second kappa shape index (κ2) is 9.80. The zero-order valence-corrected chi connectivity index (χ0v) is 19.2. The SMILES string of the molecule is CN1CCN(CC(O)COc2ccc(-c3cn(-c4ccccc4)c4nc[nH]c(=O)c34)cc2)CC1. The van der Waals surface area contributed by atoms with Gasteiger partial charge >= 0.3 is 0 Å². The number of aliphatic hydroxyl groups excluding tert-OH is 1. The Bertz CT molecular complexity index is 1290. The summed E-state index contributed by atoms with van der Waals surface area (Å²) >= 11 is 0. The quantitative estimate of drug-likeness (QED) is 0.441. The zero-order valence-electron chi connectivity index (χ0n) is 19.2. The summed E-state index contributed by atoms with van der Waals surface area (Å²) in [6.45, 7) is 4.82. The number of hydrogen-bond donors (Lipinski definition) is 2. The average molecular weight is 460 g/mol. The largest absolute Gasteiger partial charge is 0.491 e. The summed E-state index contributed by atoms with van der Waals surface area (Å²) in [5, 5.41) is 10.9. The molecule has 1 fully saturated rings. The van der Waals surface area contributed by atoms with Gasteiger partial charge < -0.3 is 24.3 Å². The molecule has 0 spiro atoms. The lowest BCUT2D eigenvalue weighted by molar-refractivity contribution is 0.0505. The van der Waals surface area contributed by atoms with E-state index in [1.807, 2.05) is 65.4 Å². The molecule has 0 amide bonds. The molecule has 0 radical (unpaired) electrons. The third-order valence-electron chi connectivity index (χ3n) is 6.30. The lowest BCUT2D eigenvalue weighted by Crippen LogP contribution is -2.47. The first-order valence-corrected chi connectivity index (χ1v) is 11.5. The number of ether oxygens (including phenoxy) is 1. The lowest BCUT2D eigenvalue weighted by Gasteiger charge is -2.33. The van der Waals surface area contributed by atoms with Crippen molar-refractivity contribution in [2.75, 3.05) is 46.4 Å². The number of benzene rings is 2. The molecule has 34 heavy (non-hydrogen) atoms. The minimum absolute atomic E-state index is 0.179. The Kier molecular flexibility index (Phi) is 6.44. The van der Waals surface area contributed by atoms with Gasteiger partial charge in [0.1, 0.15) is 18.5 Å².